The van der Waals surface area contributed by atoms with Crippen LogP contribution in [0.1, 0.15) is 10.4 Å². The van der Waals surface area contributed by atoms with E-state index in [1.54, 1.807) is 47.1 Å². The van der Waals surface area contributed by atoms with E-state index in [4.69, 9.17) is 14.7 Å². The van der Waals surface area contributed by atoms with E-state index in [0.717, 1.165) is 25.5 Å². The number of thiophene rings is 2. The van der Waals surface area contributed by atoms with Crippen LogP contribution < -0.4 is 4.74 Å². The number of hydrogen-bond acceptors (Lipinski definition) is 8. The molecule has 0 N–H and O–H groups in total. The summed E-state index contributed by atoms with van der Waals surface area (Å²) >= 11 is 3.15. The third kappa shape index (κ3) is 2.99. The lowest BCUT2D eigenvalue weighted by atomic mass is 10.1. The fourth-order valence-electron chi connectivity index (χ4n) is 3.28. The second-order valence-electron chi connectivity index (χ2n) is 6.63. The number of aromatic nitrogens is 3. The molecule has 0 unspecified atom stereocenters. The molecule has 0 aliphatic carbocycles. The van der Waals surface area contributed by atoms with Gasteiger partial charge < -0.3 is 4.74 Å². The van der Waals surface area contributed by atoms with Gasteiger partial charge in [-0.25, -0.2) is 4.98 Å². The monoisotopic (exact) mass is 434 g/mol. The van der Waals surface area contributed by atoms with E-state index in [-0.39, 0.29) is 5.69 Å². The molecule has 1 aromatic carbocycles. The standard InChI is InChI=1S/C21H14N4O3S2/c1-11-12(2)30-21-17(11)20(23-19(24-21)16-6-4-10-29-16)28-15-8-7-14(25(26)27)13-5-3-9-22-18(13)15/h3-10H,1-2H3. The van der Waals surface area contributed by atoms with Crippen LogP contribution in [0.2, 0.25) is 0 Å². The first kappa shape index (κ1) is 18.6. The summed E-state index contributed by atoms with van der Waals surface area (Å²) in [5, 5.41) is 14.6. The number of nitrogens with zero attached hydrogens (tertiary/aromatic N) is 4. The Balaban J connectivity index is 1.73. The molecule has 4 heterocycles. The quantitative estimate of drug-likeness (QED) is 0.244. The molecule has 148 valence electrons. The molecule has 0 spiro atoms. The van der Waals surface area contributed by atoms with E-state index in [2.05, 4.69) is 4.98 Å². The van der Waals surface area contributed by atoms with Gasteiger partial charge in [0.2, 0.25) is 5.88 Å². The van der Waals surface area contributed by atoms with Crippen LogP contribution in [0.4, 0.5) is 5.69 Å². The number of non-ortho nitro benzene ring substituents is 1. The molecule has 0 saturated carbocycles. The molecule has 30 heavy (non-hydrogen) atoms. The van der Waals surface area contributed by atoms with Crippen LogP contribution in [0.15, 0.2) is 48.0 Å². The van der Waals surface area contributed by atoms with Crippen molar-refractivity contribution in [3.8, 4) is 22.3 Å². The topological polar surface area (TPSA) is 91.0 Å². The zero-order valence-corrected chi connectivity index (χ0v) is 17.6. The first-order valence-electron chi connectivity index (χ1n) is 9.04. The van der Waals surface area contributed by atoms with Crippen LogP contribution in [0.5, 0.6) is 11.6 Å². The minimum absolute atomic E-state index is 0.0138. The van der Waals surface area contributed by atoms with E-state index in [0.29, 0.717) is 28.4 Å². The average Bonchev–Trinajstić information content (AvgIpc) is 3.37. The van der Waals surface area contributed by atoms with E-state index >= 15 is 0 Å². The highest BCUT2D eigenvalue weighted by Crippen LogP contribution is 2.40. The van der Waals surface area contributed by atoms with Crippen molar-refractivity contribution in [3.05, 3.63) is 68.5 Å². The third-order valence-electron chi connectivity index (χ3n) is 4.85. The second kappa shape index (κ2) is 7.12. The Hall–Kier alpha value is -3.43. The zero-order chi connectivity index (χ0) is 20.8. The molecular weight excluding hydrogens is 420 g/mol. The zero-order valence-electron chi connectivity index (χ0n) is 15.9. The maximum Gasteiger partial charge on any atom is 0.279 e. The minimum Gasteiger partial charge on any atom is -0.436 e. The third-order valence-corrected chi connectivity index (χ3v) is 6.82. The number of benzene rings is 1. The second-order valence-corrected chi connectivity index (χ2v) is 8.79. The molecule has 0 aliphatic rings. The van der Waals surface area contributed by atoms with Gasteiger partial charge in [-0.3, -0.25) is 15.1 Å². The molecule has 7 nitrogen and oxygen atoms in total. The van der Waals surface area contributed by atoms with Gasteiger partial charge in [0.15, 0.2) is 11.6 Å². The van der Waals surface area contributed by atoms with Gasteiger partial charge in [-0.15, -0.1) is 22.7 Å². The number of pyridine rings is 1. The van der Waals surface area contributed by atoms with Gasteiger partial charge in [0.25, 0.3) is 5.69 Å². The predicted octanol–water partition coefficient (Wildman–Crippen LogP) is 6.29. The van der Waals surface area contributed by atoms with Crippen molar-refractivity contribution in [3.63, 3.8) is 0 Å². The highest BCUT2D eigenvalue weighted by Gasteiger charge is 2.21. The lowest BCUT2D eigenvalue weighted by Gasteiger charge is -2.10. The summed E-state index contributed by atoms with van der Waals surface area (Å²) in [6, 6.07) is 10.3. The van der Waals surface area contributed by atoms with Crippen LogP contribution in [-0.2, 0) is 0 Å². The summed E-state index contributed by atoms with van der Waals surface area (Å²) in [5.74, 6) is 1.43. The number of fused-ring (bicyclic) bond motifs is 2. The number of nitro groups is 1. The fourth-order valence-corrected chi connectivity index (χ4v) is 4.96. The van der Waals surface area contributed by atoms with Gasteiger partial charge in [0, 0.05) is 17.1 Å². The van der Waals surface area contributed by atoms with Crippen molar-refractivity contribution in [2.75, 3.05) is 0 Å². The van der Waals surface area contributed by atoms with Crippen LogP contribution >= 0.6 is 22.7 Å². The maximum atomic E-state index is 11.4. The Morgan fingerprint density at radius 2 is 1.97 bits per heavy atom. The molecule has 0 aliphatic heterocycles. The normalized spacial score (nSPS) is 11.3. The Kier molecular flexibility index (Phi) is 4.41. The number of aryl methyl sites for hydroxylation is 2. The SMILES string of the molecule is Cc1sc2nc(-c3cccs3)nc(Oc3ccc([N+](=O)[O-])c4cccnc34)c2c1C. The van der Waals surface area contributed by atoms with E-state index in [9.17, 15) is 10.1 Å². The summed E-state index contributed by atoms with van der Waals surface area (Å²) in [6.45, 7) is 4.06. The van der Waals surface area contributed by atoms with Gasteiger partial charge >= 0.3 is 0 Å². The van der Waals surface area contributed by atoms with Crippen molar-refractivity contribution in [2.45, 2.75) is 13.8 Å². The average molecular weight is 435 g/mol. The van der Waals surface area contributed by atoms with Crippen molar-refractivity contribution < 1.29 is 9.66 Å². The van der Waals surface area contributed by atoms with Gasteiger partial charge in [-0.05, 0) is 49.1 Å². The summed E-state index contributed by atoms with van der Waals surface area (Å²) in [7, 11) is 0. The molecule has 5 rings (SSSR count). The van der Waals surface area contributed by atoms with E-state index in [1.165, 1.54) is 6.07 Å². The lowest BCUT2D eigenvalue weighted by molar-refractivity contribution is -0.383. The fraction of sp³-hybridized carbons (Fsp3) is 0.0952. The minimum atomic E-state index is -0.419. The summed E-state index contributed by atoms with van der Waals surface area (Å²) in [4.78, 5) is 27.7. The van der Waals surface area contributed by atoms with Crippen molar-refractivity contribution >= 4 is 49.5 Å². The molecule has 0 saturated heterocycles. The molecule has 4 aromatic heterocycles. The Morgan fingerprint density at radius 1 is 1.10 bits per heavy atom. The molecule has 0 bridgehead atoms. The molecular formula is C21H14N4O3S2. The maximum absolute atomic E-state index is 11.4. The van der Waals surface area contributed by atoms with Crippen LogP contribution in [-0.4, -0.2) is 19.9 Å². The smallest absolute Gasteiger partial charge is 0.279 e. The molecule has 0 amide bonds. The Bertz CT molecular complexity index is 1430. The highest BCUT2D eigenvalue weighted by atomic mass is 32.1. The van der Waals surface area contributed by atoms with Gasteiger partial charge in [-0.1, -0.05) is 6.07 Å². The molecule has 9 heteroatoms. The Labute approximate surface area is 178 Å². The number of hydrogen-bond donors (Lipinski definition) is 0. The lowest BCUT2D eigenvalue weighted by Crippen LogP contribution is -1.97. The number of nitro benzene ring substituents is 1. The van der Waals surface area contributed by atoms with E-state index in [1.807, 2.05) is 31.4 Å². The van der Waals surface area contributed by atoms with Crippen molar-refractivity contribution in [2.24, 2.45) is 0 Å². The first-order valence-corrected chi connectivity index (χ1v) is 10.7. The first-order chi connectivity index (χ1) is 14.5. The Morgan fingerprint density at radius 3 is 2.73 bits per heavy atom. The summed E-state index contributed by atoms with van der Waals surface area (Å²) in [5.41, 5.74) is 1.46. The van der Waals surface area contributed by atoms with Gasteiger partial charge in [-0.2, -0.15) is 4.98 Å². The number of ether oxygens (including phenoxy) is 1. The van der Waals surface area contributed by atoms with Crippen LogP contribution in [0.25, 0.3) is 31.8 Å². The van der Waals surface area contributed by atoms with E-state index < -0.39 is 4.92 Å². The van der Waals surface area contributed by atoms with Crippen LogP contribution in [0, 0.1) is 24.0 Å². The summed E-state index contributed by atoms with van der Waals surface area (Å²) < 4.78 is 6.25. The molecule has 0 fully saturated rings. The van der Waals surface area contributed by atoms with Gasteiger partial charge in [0.1, 0.15) is 10.3 Å². The molecule has 0 radical (unpaired) electrons. The van der Waals surface area contributed by atoms with Gasteiger partial charge in [0.05, 0.1) is 20.6 Å². The number of rotatable bonds is 4. The predicted molar refractivity (Wildman–Crippen MR) is 119 cm³/mol. The molecule has 5 aromatic rings. The highest BCUT2D eigenvalue weighted by molar-refractivity contribution is 7.18. The van der Waals surface area contributed by atoms with Crippen molar-refractivity contribution in [1.82, 2.24) is 15.0 Å². The van der Waals surface area contributed by atoms with Crippen molar-refractivity contribution in [1.29, 1.82) is 0 Å². The van der Waals surface area contributed by atoms with Crippen LogP contribution in [0.3, 0.4) is 0 Å². The largest absolute Gasteiger partial charge is 0.436 e. The molecule has 0 atom stereocenters. The summed E-state index contributed by atoms with van der Waals surface area (Å²) in [6.07, 6.45) is 1.59.